The maximum atomic E-state index is 14.0. The van der Waals surface area contributed by atoms with Crippen LogP contribution >= 0.6 is 0 Å². The Morgan fingerprint density at radius 2 is 0.671 bits per heavy atom. The fourth-order valence-electron chi connectivity index (χ4n) is 18.0. The second-order valence-electron chi connectivity index (χ2n) is 37.4. The zero-order valence-electron chi connectivity index (χ0n) is 80.8. The summed E-state index contributed by atoms with van der Waals surface area (Å²) in [6.45, 7) is 19.3. The lowest BCUT2D eigenvalue weighted by Crippen LogP contribution is -2.43. The Hall–Kier alpha value is -15.6. The van der Waals surface area contributed by atoms with Crippen molar-refractivity contribution >= 4 is 114 Å². The van der Waals surface area contributed by atoms with Crippen molar-refractivity contribution in [2.75, 3.05) is 99.4 Å². The fourth-order valence-corrected chi connectivity index (χ4v) is 18.0. The summed E-state index contributed by atoms with van der Waals surface area (Å²) in [6, 6.07) is 45.1. The second-order valence-corrected chi connectivity index (χ2v) is 37.4. The summed E-state index contributed by atoms with van der Waals surface area (Å²) in [5.41, 5.74) is 19.1. The molecule has 140 heavy (non-hydrogen) atoms. The Morgan fingerprint density at radius 1 is 0.364 bits per heavy atom. The predicted molar refractivity (Wildman–Crippen MR) is 540 cm³/mol. The number of benzene rings is 3. The molecule has 5 aliphatic rings. The number of carbonyl (C=O) groups is 9. The van der Waals surface area contributed by atoms with Crippen molar-refractivity contribution in [2.24, 2.45) is 11.8 Å². The van der Waals surface area contributed by atoms with Crippen molar-refractivity contribution in [2.45, 2.75) is 130 Å². The number of likely N-dealkylation sites (tertiary alicyclic amines) is 5. The number of piperidine rings is 5. The molecule has 5 saturated heterocycles. The molecule has 15 aromatic rings. The number of hydrogen-bond donors (Lipinski definition) is 4. The number of alkyl halides is 1. The van der Waals surface area contributed by atoms with Crippen LogP contribution in [0.25, 0.3) is 83.6 Å². The number of nitrogens with two attached hydrogens (primary N) is 1. The molecule has 0 aliphatic carbocycles. The molecule has 0 radical (unpaired) electrons. The van der Waals surface area contributed by atoms with Gasteiger partial charge in [-0.05, 0) is 268 Å². The normalized spacial score (nSPS) is 15.0. The standard InChI is InChI=1S/C24H27FN4O2.C23H26N4O2.C22H24N4O2.C20H21N5O2.C19H21N5O/c1-16(2)27-22(30)17-4-6-20(7-5-17)29-11-8-18-14-19(15-26-21(18)29)23(31)28-12-9-24(3,25)10-13-28;1-16-8-11-26(12-9-16)23(29)19-14-18-10-13-27(21(18)24-15-19)20-6-4-17(5-7-20)22(28)25(2)3;1-15-7-10-25(11-8-15)22(28)18-13-17-9-12-26(20(17)24-14-18)19-5-3-16(4-6-19)21(27)23-2;1-21-19(26)15-10-17(13-22-11-15)25-8-5-14-9-16(12-23-18(14)25)20(27)24-6-3-2-4-7-24;1-13-9-16(12-21-17(13)20)24-8-5-14-10-15(11-22-18(14)24)19(25)23-6-3-2-4-7-23/h4-8,11,14-16H,9-10,12-13H2,1-3H3,(H,27,30);4-7,10,13-16H,8-9,11-12H2,1-3H3;3-6,9,12-15H,7-8,10-11H2,1-2H3,(H,23,27);5,8-13H,2-4,6-7H2,1H3,(H,21,26);5,8-12H,2-4,6-7H2,1H3,(H2,20,21). The van der Waals surface area contributed by atoms with E-state index in [9.17, 15) is 47.5 Å². The molecule has 0 bridgehead atoms. The van der Waals surface area contributed by atoms with Gasteiger partial charge in [-0.25, -0.2) is 34.3 Å². The smallest absolute Gasteiger partial charge is 0.255 e. The number of amides is 9. The number of nitrogens with one attached hydrogen (secondary N) is 3. The van der Waals surface area contributed by atoms with Gasteiger partial charge in [-0.15, -0.1) is 0 Å². The molecule has 0 spiro atoms. The van der Waals surface area contributed by atoms with Crippen LogP contribution in [0.15, 0.2) is 226 Å². The molecule has 5 aliphatic heterocycles. The van der Waals surface area contributed by atoms with Crippen LogP contribution in [0.5, 0.6) is 0 Å². The van der Waals surface area contributed by atoms with E-state index < -0.39 is 5.67 Å². The van der Waals surface area contributed by atoms with Crippen LogP contribution in [0.2, 0.25) is 0 Å². The lowest BCUT2D eigenvalue weighted by molar-refractivity contribution is 0.0501. The third kappa shape index (κ3) is 22.4. The number of rotatable bonds is 15. The molecular formula is C108H119FN22O9. The first kappa shape index (κ1) is 97.5. The molecule has 17 heterocycles. The van der Waals surface area contributed by atoms with Gasteiger partial charge in [0, 0.05) is 229 Å². The van der Waals surface area contributed by atoms with E-state index in [4.69, 9.17) is 5.73 Å². The molecule has 32 heteroatoms. The van der Waals surface area contributed by atoms with Gasteiger partial charge in [0.2, 0.25) is 0 Å². The Bertz CT molecular complexity index is 7060. The van der Waals surface area contributed by atoms with Crippen LogP contribution in [0.1, 0.15) is 210 Å². The summed E-state index contributed by atoms with van der Waals surface area (Å²) in [4.78, 5) is 154. The maximum Gasteiger partial charge on any atom is 0.255 e. The Balaban J connectivity index is 0.000000126. The van der Waals surface area contributed by atoms with Gasteiger partial charge in [0.1, 0.15) is 39.7 Å². The molecule has 31 nitrogen and oxygen atoms in total. The van der Waals surface area contributed by atoms with Crippen molar-refractivity contribution in [1.82, 2.24) is 103 Å². The summed E-state index contributed by atoms with van der Waals surface area (Å²) >= 11 is 0. The first-order valence-electron chi connectivity index (χ1n) is 48.0. The van der Waals surface area contributed by atoms with E-state index in [1.807, 2.05) is 209 Å². The van der Waals surface area contributed by atoms with Crippen molar-refractivity contribution in [3.8, 4) is 28.4 Å². The monoisotopic (exact) mass is 1890 g/mol. The number of nitrogens with zero attached hydrogens (tertiary/aromatic N) is 18. The minimum Gasteiger partial charge on any atom is -0.383 e. The molecule has 0 saturated carbocycles. The third-order valence-electron chi connectivity index (χ3n) is 26.5. The van der Waals surface area contributed by atoms with Crippen LogP contribution in [-0.4, -0.2) is 246 Å². The van der Waals surface area contributed by atoms with Crippen LogP contribution in [0.4, 0.5) is 10.2 Å². The van der Waals surface area contributed by atoms with Gasteiger partial charge in [-0.3, -0.25) is 57.3 Å². The highest BCUT2D eigenvalue weighted by Gasteiger charge is 2.33. The zero-order chi connectivity index (χ0) is 98.6. The predicted octanol–water partition coefficient (Wildman–Crippen LogP) is 16.3. The quantitative estimate of drug-likeness (QED) is 0.0740. The van der Waals surface area contributed by atoms with Gasteiger partial charge in [0.05, 0.1) is 57.1 Å². The van der Waals surface area contributed by atoms with Crippen LogP contribution in [0, 0.1) is 18.8 Å². The van der Waals surface area contributed by atoms with Crippen molar-refractivity contribution < 1.29 is 47.5 Å². The second kappa shape index (κ2) is 43.4. The molecule has 12 aromatic heterocycles. The first-order valence-corrected chi connectivity index (χ1v) is 48.0. The lowest BCUT2D eigenvalue weighted by Gasteiger charge is -2.34. The summed E-state index contributed by atoms with van der Waals surface area (Å²) < 4.78 is 23.7. The van der Waals surface area contributed by atoms with Crippen molar-refractivity contribution in [1.29, 1.82) is 0 Å². The van der Waals surface area contributed by atoms with Gasteiger partial charge in [-0.1, -0.05) is 13.8 Å². The largest absolute Gasteiger partial charge is 0.383 e. The minimum absolute atomic E-state index is 0.0256. The van der Waals surface area contributed by atoms with E-state index in [2.05, 4.69) is 64.7 Å². The number of nitrogen functional groups attached to an aromatic ring is 1. The highest BCUT2D eigenvalue weighted by molar-refractivity contribution is 6.02. The average molecular weight is 1890 g/mol. The number of fused-ring (bicyclic) bond motifs is 5. The molecule has 5 N–H and O–H groups in total. The number of halogens is 1. The fraction of sp³-hybridized carbons (Fsp3) is 0.333. The van der Waals surface area contributed by atoms with Gasteiger partial charge in [0.15, 0.2) is 0 Å². The van der Waals surface area contributed by atoms with Gasteiger partial charge >= 0.3 is 0 Å². The van der Waals surface area contributed by atoms with Crippen LogP contribution < -0.4 is 21.7 Å². The van der Waals surface area contributed by atoms with E-state index in [0.29, 0.717) is 93.7 Å². The zero-order valence-corrected chi connectivity index (χ0v) is 80.8. The Labute approximate surface area is 812 Å². The van der Waals surface area contributed by atoms with Gasteiger partial charge < -0.3 is 64.8 Å². The highest BCUT2D eigenvalue weighted by Crippen LogP contribution is 2.32. The van der Waals surface area contributed by atoms with E-state index >= 15 is 0 Å². The van der Waals surface area contributed by atoms with Gasteiger partial charge in [0.25, 0.3) is 53.2 Å². The summed E-state index contributed by atoms with van der Waals surface area (Å²) in [7, 11) is 6.68. The van der Waals surface area contributed by atoms with Crippen LogP contribution in [0.3, 0.4) is 0 Å². The molecule has 3 aromatic carbocycles. The highest BCUT2D eigenvalue weighted by atomic mass is 19.1. The van der Waals surface area contributed by atoms with Crippen molar-refractivity contribution in [3.05, 3.63) is 282 Å². The third-order valence-corrected chi connectivity index (χ3v) is 26.5. The summed E-state index contributed by atoms with van der Waals surface area (Å²) in [5, 5.41) is 12.6. The topological polar surface area (TPSA) is 350 Å². The van der Waals surface area contributed by atoms with E-state index in [1.165, 1.54) is 19.0 Å². The number of carbonyl (C=O) groups excluding carboxylic acids is 9. The number of aryl methyl sites for hydroxylation is 1. The van der Waals surface area contributed by atoms with E-state index in [1.54, 1.807) is 119 Å². The average Bonchev–Trinajstić information content (AvgIpc) is 1.65. The number of aromatic nitrogens is 12. The molecule has 0 unspecified atom stereocenters. The number of hydrogen-bond acceptors (Lipinski definition) is 17. The molecule has 9 amide bonds. The Morgan fingerprint density at radius 3 is 1.00 bits per heavy atom. The number of anilines is 1. The van der Waals surface area contributed by atoms with E-state index in [0.717, 1.165) is 193 Å². The maximum absolute atomic E-state index is 14.0. The number of pyridine rings is 7. The SMILES string of the molecule is CC(C)NC(=O)c1ccc(-n2ccc3cc(C(=O)N4CCC(C)(F)CC4)cnc32)cc1.CC1CCN(C(=O)c2cnc3c(ccn3-c3ccc(C(=O)N(C)C)cc3)c2)CC1.CNC(=O)c1ccc(-n2ccc3cc(C(=O)N4CCC(C)CC4)cnc32)cc1.CNC(=O)c1cncc(-n2ccc3cc(C(=O)N4CCCCC4)cnc32)c1.Cc1cc(-n2ccc3cc(C(=O)N4CCCCC4)cnc32)cnc1N. The Kier molecular flexibility index (Phi) is 30.2. The van der Waals surface area contributed by atoms with E-state index in [-0.39, 0.29) is 59.2 Å². The summed E-state index contributed by atoms with van der Waals surface area (Å²) in [5.74, 6) is 1.60. The van der Waals surface area contributed by atoms with Crippen molar-refractivity contribution in [3.63, 3.8) is 0 Å². The van der Waals surface area contributed by atoms with Crippen LogP contribution in [-0.2, 0) is 0 Å². The summed E-state index contributed by atoms with van der Waals surface area (Å²) in [6.07, 6.45) is 34.4. The molecule has 0 atom stereocenters. The minimum atomic E-state index is -1.19. The molecule has 20 rings (SSSR count). The molecule has 722 valence electrons. The lowest BCUT2D eigenvalue weighted by atomic mass is 9.95. The molecule has 5 fully saturated rings. The molecular weight excluding hydrogens is 1770 g/mol. The van der Waals surface area contributed by atoms with Gasteiger partial charge in [-0.2, -0.15) is 0 Å². The first-order chi connectivity index (χ1) is 67.5.